The first-order valence-corrected chi connectivity index (χ1v) is 4.36. The Hall–Kier alpha value is -1.21. The molecule has 0 aliphatic carbocycles. The molecule has 0 aliphatic rings. The van der Waals surface area contributed by atoms with Crippen LogP contribution in [0.3, 0.4) is 0 Å². The van der Waals surface area contributed by atoms with Crippen LogP contribution < -0.4 is 16.3 Å². The van der Waals surface area contributed by atoms with Gasteiger partial charge in [0.05, 0.1) is 0 Å². The molecule has 0 heterocycles. The number of thiocarbonyl (C=S) groups is 1. The second-order valence-corrected chi connectivity index (χ2v) is 3.16. The Labute approximate surface area is 86.7 Å². The van der Waals surface area contributed by atoms with Crippen molar-refractivity contribution in [3.05, 3.63) is 35.0 Å². The monoisotopic (exact) mass is 213 g/mol. The summed E-state index contributed by atoms with van der Waals surface area (Å²) >= 11 is 4.63. The van der Waals surface area contributed by atoms with Crippen molar-refractivity contribution in [3.8, 4) is 0 Å². The number of nitrogens with two attached hydrogens (primary N) is 1. The fourth-order valence-corrected chi connectivity index (χ4v) is 1.03. The van der Waals surface area contributed by atoms with E-state index in [1.807, 2.05) is 0 Å². The summed E-state index contributed by atoms with van der Waals surface area (Å²) in [6, 6.07) is 6.52. The minimum Gasteiger partial charge on any atom is -0.595 e. The maximum Gasteiger partial charge on any atom is 0.163 e. The summed E-state index contributed by atoms with van der Waals surface area (Å²) in [6.07, 6.45) is 0. The molecule has 1 rings (SSSR count). The van der Waals surface area contributed by atoms with E-state index in [9.17, 15) is 5.21 Å². The summed E-state index contributed by atoms with van der Waals surface area (Å²) in [5, 5.41) is 21.2. The second-order valence-electron chi connectivity index (χ2n) is 2.72. The third-order valence-electron chi connectivity index (χ3n) is 1.67. The molecule has 0 fully saturated rings. The van der Waals surface area contributed by atoms with Crippen LogP contribution in [0.2, 0.25) is 0 Å². The number of benzene rings is 1. The zero-order valence-electron chi connectivity index (χ0n) is 7.36. The molecule has 0 amide bonds. The highest BCUT2D eigenvalue weighted by molar-refractivity contribution is 7.80. The summed E-state index contributed by atoms with van der Waals surface area (Å²) in [5.74, 6) is 0. The van der Waals surface area contributed by atoms with Gasteiger partial charge in [-0.15, -0.1) is 0 Å². The van der Waals surface area contributed by atoms with Gasteiger partial charge in [0.25, 0.3) is 0 Å². The molecule has 1 aromatic rings. The fraction of sp³-hybridized carbons (Fsp3) is 0.125. The number of hydrogen-bond acceptors (Lipinski definition) is 3. The Bertz CT molecular complexity index is 313. The Morgan fingerprint density at radius 1 is 1.50 bits per heavy atom. The Morgan fingerprint density at radius 3 is 2.50 bits per heavy atom. The zero-order chi connectivity index (χ0) is 10.6. The van der Waals surface area contributed by atoms with Crippen LogP contribution in [0, 0.1) is 5.21 Å². The molecule has 0 saturated heterocycles. The molecule has 0 saturated carbocycles. The van der Waals surface area contributed by atoms with Gasteiger partial charge in [-0.25, -0.2) is 5.21 Å². The van der Waals surface area contributed by atoms with E-state index >= 15 is 0 Å². The number of nitrogens with one attached hydrogen (secondary N) is 2. The Kier molecular flexibility index (Phi) is 3.78. The fourth-order valence-electron chi connectivity index (χ4n) is 0.954. The van der Waals surface area contributed by atoms with Crippen molar-refractivity contribution < 1.29 is 10.4 Å². The van der Waals surface area contributed by atoms with Gasteiger partial charge in [0.1, 0.15) is 0 Å². The third kappa shape index (κ3) is 3.27. The molecule has 0 bridgehead atoms. The molecule has 1 atom stereocenters. The first-order chi connectivity index (χ1) is 6.59. The van der Waals surface area contributed by atoms with Crippen LogP contribution >= 0.6 is 12.2 Å². The van der Waals surface area contributed by atoms with Gasteiger partial charge in [0, 0.05) is 18.7 Å². The van der Waals surface area contributed by atoms with Crippen LogP contribution in [0.15, 0.2) is 24.3 Å². The highest BCUT2D eigenvalue weighted by Crippen LogP contribution is 2.04. The van der Waals surface area contributed by atoms with E-state index in [0.717, 1.165) is 5.56 Å². The lowest BCUT2D eigenvalue weighted by molar-refractivity contribution is -0.991. The smallest absolute Gasteiger partial charge is 0.163 e. The quantitative estimate of drug-likeness (QED) is 0.399. The molecule has 6 heteroatoms. The topological polar surface area (TPSA) is 85.8 Å². The van der Waals surface area contributed by atoms with Crippen molar-refractivity contribution in [2.45, 2.75) is 6.54 Å². The predicted molar refractivity (Wildman–Crippen MR) is 55.8 cm³/mol. The standard InChI is InChI=1S/C8H11N3O2S/c9-8(14)10-5-6-1-3-7(4-2-6)11(12)13/h1-4,11-12H,5H2,(H3,9,10,14). The zero-order valence-corrected chi connectivity index (χ0v) is 8.17. The molecule has 5 nitrogen and oxygen atoms in total. The van der Waals surface area contributed by atoms with Crippen LogP contribution in [0.1, 0.15) is 5.56 Å². The van der Waals surface area contributed by atoms with E-state index in [1.165, 1.54) is 0 Å². The summed E-state index contributed by atoms with van der Waals surface area (Å²) < 4.78 is 0. The van der Waals surface area contributed by atoms with Crippen LogP contribution in [-0.2, 0) is 6.54 Å². The van der Waals surface area contributed by atoms with Crippen LogP contribution in [0.25, 0.3) is 0 Å². The lowest BCUT2D eigenvalue weighted by atomic mass is 10.2. The summed E-state index contributed by atoms with van der Waals surface area (Å²) in [5.41, 5.74) is 6.45. The van der Waals surface area contributed by atoms with E-state index in [1.54, 1.807) is 24.3 Å². The number of hydrogen-bond donors (Lipinski definition) is 4. The Morgan fingerprint density at radius 2 is 2.07 bits per heavy atom. The molecule has 1 unspecified atom stereocenters. The molecule has 76 valence electrons. The molecule has 0 aromatic heterocycles. The molecule has 0 spiro atoms. The van der Waals surface area contributed by atoms with Crippen molar-refractivity contribution in [3.63, 3.8) is 0 Å². The van der Waals surface area contributed by atoms with Crippen molar-refractivity contribution in [1.29, 1.82) is 0 Å². The summed E-state index contributed by atoms with van der Waals surface area (Å²) in [4.78, 5) is 0. The second kappa shape index (κ2) is 4.87. The lowest BCUT2D eigenvalue weighted by Crippen LogP contribution is -2.99. The third-order valence-corrected chi connectivity index (χ3v) is 1.81. The molecular formula is C8H11N3O2S. The summed E-state index contributed by atoms with van der Waals surface area (Å²) in [6.45, 7) is 0.509. The predicted octanol–water partition coefficient (Wildman–Crippen LogP) is -0.577. The average Bonchev–Trinajstić information content (AvgIpc) is 2.15. The summed E-state index contributed by atoms with van der Waals surface area (Å²) in [7, 11) is 0. The maximum absolute atomic E-state index is 10.5. The van der Waals surface area contributed by atoms with E-state index in [-0.39, 0.29) is 10.8 Å². The van der Waals surface area contributed by atoms with E-state index in [0.29, 0.717) is 6.54 Å². The van der Waals surface area contributed by atoms with Crippen LogP contribution in [0.5, 0.6) is 0 Å². The van der Waals surface area contributed by atoms with E-state index in [2.05, 4.69) is 17.5 Å². The average molecular weight is 213 g/mol. The van der Waals surface area contributed by atoms with Gasteiger partial charge >= 0.3 is 0 Å². The highest BCUT2D eigenvalue weighted by atomic mass is 32.1. The lowest BCUT2D eigenvalue weighted by Gasteiger charge is -2.11. The minimum atomic E-state index is -0.932. The molecule has 1 aromatic carbocycles. The van der Waals surface area contributed by atoms with Gasteiger partial charge < -0.3 is 16.3 Å². The van der Waals surface area contributed by atoms with E-state index in [4.69, 9.17) is 10.9 Å². The molecule has 5 N–H and O–H groups in total. The van der Waals surface area contributed by atoms with Crippen LogP contribution in [0.4, 0.5) is 5.69 Å². The number of rotatable bonds is 3. The molecule has 0 aliphatic heterocycles. The Balaban J connectivity index is 2.59. The molecular weight excluding hydrogens is 202 g/mol. The van der Waals surface area contributed by atoms with Crippen molar-refractivity contribution >= 4 is 23.0 Å². The molecule has 14 heavy (non-hydrogen) atoms. The van der Waals surface area contributed by atoms with Gasteiger partial charge in [-0.1, -0.05) is 12.1 Å². The normalized spacial score (nSPS) is 12.1. The SMILES string of the molecule is NC(=S)NCc1ccc([NH+]([O-])O)cc1. The first kappa shape index (κ1) is 10.9. The van der Waals surface area contributed by atoms with Crippen molar-refractivity contribution in [2.75, 3.05) is 0 Å². The highest BCUT2D eigenvalue weighted by Gasteiger charge is 1.99. The minimum absolute atomic E-state index is 0.229. The number of quaternary nitrogens is 1. The van der Waals surface area contributed by atoms with E-state index < -0.39 is 5.23 Å². The van der Waals surface area contributed by atoms with Crippen molar-refractivity contribution in [2.24, 2.45) is 5.73 Å². The van der Waals surface area contributed by atoms with Gasteiger partial charge in [-0.05, 0) is 17.8 Å². The molecule has 0 radical (unpaired) electrons. The van der Waals surface area contributed by atoms with Gasteiger partial charge in [0.15, 0.2) is 10.8 Å². The largest absolute Gasteiger partial charge is 0.595 e. The maximum atomic E-state index is 10.5. The van der Waals surface area contributed by atoms with Gasteiger partial charge in [-0.2, -0.15) is 5.23 Å². The first-order valence-electron chi connectivity index (χ1n) is 3.95. The van der Waals surface area contributed by atoms with Crippen molar-refractivity contribution in [1.82, 2.24) is 5.32 Å². The van der Waals surface area contributed by atoms with Crippen LogP contribution in [-0.4, -0.2) is 10.3 Å². The van der Waals surface area contributed by atoms with Gasteiger partial charge in [0.2, 0.25) is 0 Å². The van der Waals surface area contributed by atoms with Gasteiger partial charge in [-0.3, -0.25) is 0 Å².